The van der Waals surface area contributed by atoms with Crippen LogP contribution in [-0.4, -0.2) is 0 Å². The van der Waals surface area contributed by atoms with Crippen LogP contribution in [0.25, 0.3) is 120 Å². The first kappa shape index (κ1) is 36.7. The van der Waals surface area contributed by atoms with Crippen LogP contribution in [0.1, 0.15) is 22.3 Å². The van der Waals surface area contributed by atoms with E-state index in [9.17, 15) is 0 Å². The molecule has 0 heteroatoms. The van der Waals surface area contributed by atoms with Crippen molar-refractivity contribution in [3.05, 3.63) is 265 Å². The fraction of sp³-hybridized carbons (Fsp3) is 0.0149. The van der Waals surface area contributed by atoms with E-state index in [0.29, 0.717) is 0 Å². The number of hydrogen-bond donors (Lipinski definition) is 0. The Balaban J connectivity index is 0.990. The van der Waals surface area contributed by atoms with E-state index in [1.54, 1.807) is 0 Å². The predicted molar refractivity (Wildman–Crippen MR) is 284 cm³/mol. The van der Waals surface area contributed by atoms with Crippen LogP contribution >= 0.6 is 0 Å². The highest BCUT2D eigenvalue weighted by atomic mass is 14.5. The first-order chi connectivity index (χ1) is 33.3. The van der Waals surface area contributed by atoms with E-state index in [1.807, 2.05) is 0 Å². The molecule has 0 nitrogen and oxygen atoms in total. The second kappa shape index (κ2) is 13.7. The molecule has 0 fully saturated rings. The van der Waals surface area contributed by atoms with Crippen LogP contribution in [0.3, 0.4) is 0 Å². The number of rotatable bonds is 3. The van der Waals surface area contributed by atoms with Gasteiger partial charge in [-0.05, 0) is 161 Å². The molecule has 0 aliphatic heterocycles. The molecule has 13 aromatic rings. The lowest BCUT2D eigenvalue weighted by Gasteiger charge is -2.32. The van der Waals surface area contributed by atoms with Crippen molar-refractivity contribution < 1.29 is 0 Å². The summed E-state index contributed by atoms with van der Waals surface area (Å²) in [6.45, 7) is 0. The third-order valence-corrected chi connectivity index (χ3v) is 15.4. The van der Waals surface area contributed by atoms with E-state index in [2.05, 4.69) is 243 Å². The largest absolute Gasteiger partial charge is 0.0737 e. The predicted octanol–water partition coefficient (Wildman–Crippen LogP) is 18.0. The zero-order valence-electron chi connectivity index (χ0n) is 36.6. The van der Waals surface area contributed by atoms with Gasteiger partial charge in [0.1, 0.15) is 0 Å². The van der Waals surface area contributed by atoms with Crippen LogP contribution in [0.5, 0.6) is 0 Å². The minimum Gasteiger partial charge on any atom is -0.0619 e. The Hall–Kier alpha value is -8.58. The number of benzene rings is 13. The van der Waals surface area contributed by atoms with Crippen molar-refractivity contribution in [1.82, 2.24) is 0 Å². The highest BCUT2D eigenvalue weighted by Gasteiger charge is 2.53. The highest BCUT2D eigenvalue weighted by molar-refractivity contribution is 6.24. The molecule has 0 radical (unpaired) electrons. The summed E-state index contributed by atoms with van der Waals surface area (Å²) in [5, 5.41) is 15.3. The van der Waals surface area contributed by atoms with Gasteiger partial charge in [0.2, 0.25) is 0 Å². The van der Waals surface area contributed by atoms with Crippen LogP contribution in [-0.2, 0) is 5.41 Å². The SMILES string of the molecule is c1cc(-c2ccc3ccccc3c2)cc(-c2c3ccccc3c(-c3ccc4c5c(ccc4c3)-c3c(c4ccccc4c4ccccc34)C53c4ccccc4-c4ccccc43)c3ccccc23)c1. The van der Waals surface area contributed by atoms with Gasteiger partial charge in [-0.2, -0.15) is 0 Å². The number of hydrogen-bond acceptors (Lipinski definition) is 0. The molecule has 15 rings (SSSR count). The fourth-order valence-corrected chi connectivity index (χ4v) is 12.8. The average Bonchev–Trinajstić information content (AvgIpc) is 3.88. The Labute approximate surface area is 388 Å². The van der Waals surface area contributed by atoms with Crippen molar-refractivity contribution in [2.45, 2.75) is 5.41 Å². The first-order valence-electron chi connectivity index (χ1n) is 23.5. The standard InChI is InChI=1S/C67H40/c1-2-17-42-38-44(33-32-41(42)16-1)43-18-15-19-46(39-43)62-54-25-6-8-27-56(54)63(57-28-9-7-26-55(57)62)47-35-36-48-45(40-47)34-37-59-64-53-24-5-3-20-49(53)50-21-4-10-29-58(50)66(64)67(65(48)59)60-30-13-11-22-51(60)52-23-12-14-31-61(52)67/h1-40H. The van der Waals surface area contributed by atoms with Gasteiger partial charge in [-0.15, -0.1) is 0 Å². The summed E-state index contributed by atoms with van der Waals surface area (Å²) in [5.41, 5.74) is 17.8. The lowest BCUT2D eigenvalue weighted by molar-refractivity contribution is 0.809. The van der Waals surface area contributed by atoms with Crippen LogP contribution < -0.4 is 0 Å². The maximum Gasteiger partial charge on any atom is 0.0737 e. The van der Waals surface area contributed by atoms with Gasteiger partial charge >= 0.3 is 0 Å². The molecule has 0 unspecified atom stereocenters. The zero-order chi connectivity index (χ0) is 43.8. The van der Waals surface area contributed by atoms with Crippen LogP contribution in [0.2, 0.25) is 0 Å². The van der Waals surface area contributed by atoms with Crippen LogP contribution in [0.4, 0.5) is 0 Å². The monoisotopic (exact) mass is 844 g/mol. The maximum absolute atomic E-state index is 2.48. The third-order valence-electron chi connectivity index (χ3n) is 15.4. The van der Waals surface area contributed by atoms with Gasteiger partial charge in [-0.3, -0.25) is 0 Å². The van der Waals surface area contributed by atoms with Crippen LogP contribution in [0.15, 0.2) is 243 Å². The molecule has 13 aromatic carbocycles. The Morgan fingerprint density at radius 2 is 0.657 bits per heavy atom. The molecule has 0 heterocycles. The topological polar surface area (TPSA) is 0 Å². The Morgan fingerprint density at radius 1 is 0.209 bits per heavy atom. The Bertz CT molecular complexity index is 4180. The highest BCUT2D eigenvalue weighted by Crippen LogP contribution is 2.66. The molecule has 0 saturated carbocycles. The van der Waals surface area contributed by atoms with Gasteiger partial charge in [-0.1, -0.05) is 224 Å². The van der Waals surface area contributed by atoms with E-state index in [0.717, 1.165) is 0 Å². The van der Waals surface area contributed by atoms with Crippen molar-refractivity contribution in [3.63, 3.8) is 0 Å². The molecule has 0 atom stereocenters. The van der Waals surface area contributed by atoms with Crippen molar-refractivity contribution in [1.29, 1.82) is 0 Å². The molecule has 308 valence electrons. The average molecular weight is 845 g/mol. The van der Waals surface area contributed by atoms with Gasteiger partial charge in [0.25, 0.3) is 0 Å². The zero-order valence-corrected chi connectivity index (χ0v) is 36.6. The molecule has 0 bridgehead atoms. The third kappa shape index (κ3) is 4.92. The summed E-state index contributed by atoms with van der Waals surface area (Å²) in [6.07, 6.45) is 0. The van der Waals surface area contributed by atoms with Gasteiger partial charge in [0, 0.05) is 0 Å². The van der Waals surface area contributed by atoms with E-state index in [1.165, 1.54) is 143 Å². The smallest absolute Gasteiger partial charge is 0.0619 e. The Kier molecular flexibility index (Phi) is 7.52. The van der Waals surface area contributed by atoms with Gasteiger partial charge < -0.3 is 0 Å². The summed E-state index contributed by atoms with van der Waals surface area (Å²) in [6, 6.07) is 91.5. The van der Waals surface area contributed by atoms with Crippen molar-refractivity contribution in [2.75, 3.05) is 0 Å². The van der Waals surface area contributed by atoms with Crippen molar-refractivity contribution in [2.24, 2.45) is 0 Å². The summed E-state index contributed by atoms with van der Waals surface area (Å²) < 4.78 is 0. The normalized spacial score (nSPS) is 13.2. The molecule has 0 saturated heterocycles. The van der Waals surface area contributed by atoms with Crippen molar-refractivity contribution >= 4 is 64.6 Å². The molecule has 67 heavy (non-hydrogen) atoms. The molecule has 2 aliphatic carbocycles. The molecule has 0 aromatic heterocycles. The van der Waals surface area contributed by atoms with Gasteiger partial charge in [0.05, 0.1) is 5.41 Å². The molecular formula is C67H40. The minimum atomic E-state index is -0.509. The molecule has 2 aliphatic rings. The second-order valence-corrected chi connectivity index (χ2v) is 18.6. The molecule has 1 spiro atoms. The summed E-state index contributed by atoms with van der Waals surface area (Å²) in [4.78, 5) is 0. The number of fused-ring (bicyclic) bond motifs is 20. The van der Waals surface area contributed by atoms with E-state index in [4.69, 9.17) is 0 Å². The summed E-state index contributed by atoms with van der Waals surface area (Å²) in [7, 11) is 0. The van der Waals surface area contributed by atoms with Crippen molar-refractivity contribution in [3.8, 4) is 55.6 Å². The second-order valence-electron chi connectivity index (χ2n) is 18.6. The summed E-state index contributed by atoms with van der Waals surface area (Å²) >= 11 is 0. The van der Waals surface area contributed by atoms with E-state index < -0.39 is 5.41 Å². The quantitative estimate of drug-likeness (QED) is 0.123. The van der Waals surface area contributed by atoms with Gasteiger partial charge in [0.15, 0.2) is 0 Å². The Morgan fingerprint density at radius 3 is 1.31 bits per heavy atom. The molecular weight excluding hydrogens is 805 g/mol. The van der Waals surface area contributed by atoms with E-state index >= 15 is 0 Å². The molecule has 0 amide bonds. The first-order valence-corrected chi connectivity index (χ1v) is 23.5. The minimum absolute atomic E-state index is 0.509. The summed E-state index contributed by atoms with van der Waals surface area (Å²) in [5.74, 6) is 0. The fourth-order valence-electron chi connectivity index (χ4n) is 12.8. The van der Waals surface area contributed by atoms with Crippen LogP contribution in [0, 0.1) is 0 Å². The lowest BCUT2D eigenvalue weighted by atomic mass is 9.68. The van der Waals surface area contributed by atoms with Gasteiger partial charge in [-0.25, -0.2) is 0 Å². The lowest BCUT2D eigenvalue weighted by Crippen LogP contribution is -2.26. The maximum atomic E-state index is 2.48. The van der Waals surface area contributed by atoms with E-state index in [-0.39, 0.29) is 0 Å². The molecule has 0 N–H and O–H groups in total.